The second kappa shape index (κ2) is 7.27. The molecule has 1 N–H and O–H groups in total. The maximum atomic E-state index is 12.7. The van der Waals surface area contributed by atoms with Crippen LogP contribution in [0, 0.1) is 10.1 Å². The van der Waals surface area contributed by atoms with Crippen molar-refractivity contribution in [2.24, 2.45) is 0 Å². The quantitative estimate of drug-likeness (QED) is 0.609. The summed E-state index contributed by atoms with van der Waals surface area (Å²) in [5.74, 6) is -0.0330. The van der Waals surface area contributed by atoms with Gasteiger partial charge in [-0.2, -0.15) is 5.10 Å². The minimum absolute atomic E-state index is 0.0321. The Bertz CT molecular complexity index is 860. The third-order valence-electron chi connectivity index (χ3n) is 4.79. The molecule has 4 heterocycles. The molecule has 1 fully saturated rings. The zero-order valence-electron chi connectivity index (χ0n) is 14.6. The van der Waals surface area contributed by atoms with Crippen LogP contribution in [-0.4, -0.2) is 69.0 Å². The Morgan fingerprint density at radius 2 is 2.15 bits per heavy atom. The molecule has 0 saturated carbocycles. The number of amides is 1. The Labute approximate surface area is 154 Å². The van der Waals surface area contributed by atoms with Crippen molar-refractivity contribution in [2.75, 3.05) is 37.7 Å². The number of nitrogens with zero attached hydrogens (tertiary/aromatic N) is 6. The molecule has 1 amide bonds. The van der Waals surface area contributed by atoms with E-state index in [4.69, 9.17) is 4.74 Å². The van der Waals surface area contributed by atoms with Crippen molar-refractivity contribution in [2.45, 2.75) is 19.4 Å². The van der Waals surface area contributed by atoms with Gasteiger partial charge in [0.1, 0.15) is 0 Å². The van der Waals surface area contributed by atoms with Gasteiger partial charge in [0.05, 0.1) is 18.5 Å². The first-order valence-electron chi connectivity index (χ1n) is 8.78. The zero-order valence-corrected chi connectivity index (χ0v) is 14.6. The Morgan fingerprint density at radius 1 is 1.26 bits per heavy atom. The second-order valence-electron chi connectivity index (χ2n) is 6.49. The summed E-state index contributed by atoms with van der Waals surface area (Å²) in [5, 5.41) is 25.6. The van der Waals surface area contributed by atoms with Gasteiger partial charge in [0.25, 0.3) is 5.91 Å². The molecule has 27 heavy (non-hydrogen) atoms. The third-order valence-corrected chi connectivity index (χ3v) is 4.79. The van der Waals surface area contributed by atoms with E-state index in [1.165, 1.54) is 6.20 Å². The molecular formula is C16H19N7O4. The van der Waals surface area contributed by atoms with Crippen molar-refractivity contribution >= 4 is 17.5 Å². The summed E-state index contributed by atoms with van der Waals surface area (Å²) in [6.07, 6.45) is 2.68. The van der Waals surface area contributed by atoms with Crippen LogP contribution in [0.15, 0.2) is 12.3 Å². The summed E-state index contributed by atoms with van der Waals surface area (Å²) < 4.78 is 5.47. The molecule has 0 unspecified atom stereocenters. The predicted octanol–water partition coefficient (Wildman–Crippen LogP) is 0.533. The molecule has 2 aromatic heterocycles. The van der Waals surface area contributed by atoms with Gasteiger partial charge in [0.15, 0.2) is 11.4 Å². The van der Waals surface area contributed by atoms with Gasteiger partial charge >= 0.3 is 5.82 Å². The zero-order chi connectivity index (χ0) is 18.8. The summed E-state index contributed by atoms with van der Waals surface area (Å²) in [6.45, 7) is 3.74. The molecule has 0 atom stereocenters. The second-order valence-corrected chi connectivity index (χ2v) is 6.49. The van der Waals surface area contributed by atoms with E-state index in [0.717, 1.165) is 43.2 Å². The molecular weight excluding hydrogens is 354 g/mol. The lowest BCUT2D eigenvalue weighted by Crippen LogP contribution is -2.37. The minimum atomic E-state index is -0.636. The number of carbonyl (C=O) groups is 1. The standard InChI is InChI=1S/C16H19N7O4/c24-16(12-9-17-20-15(12)23(25)26)22-4-2-13-11(10-22)8-14(19-18-13)21-3-1-6-27-7-5-21/h8-9H,1-7,10H2,(H,17,20). The van der Waals surface area contributed by atoms with Gasteiger partial charge in [-0.1, -0.05) is 5.10 Å². The maximum Gasteiger partial charge on any atom is 0.355 e. The highest BCUT2D eigenvalue weighted by atomic mass is 16.6. The number of hydrogen-bond donors (Lipinski definition) is 1. The number of ether oxygens (including phenoxy) is 1. The number of nitro groups is 1. The number of aromatic nitrogens is 4. The topological polar surface area (TPSA) is 130 Å². The van der Waals surface area contributed by atoms with Crippen LogP contribution in [0.5, 0.6) is 0 Å². The van der Waals surface area contributed by atoms with Gasteiger partial charge < -0.3 is 24.7 Å². The first-order chi connectivity index (χ1) is 13.1. The number of nitrogens with one attached hydrogen (secondary N) is 1. The Balaban J connectivity index is 1.55. The van der Waals surface area contributed by atoms with Gasteiger partial charge in [-0.05, 0) is 23.0 Å². The van der Waals surface area contributed by atoms with Crippen LogP contribution < -0.4 is 4.90 Å². The summed E-state index contributed by atoms with van der Waals surface area (Å²) in [4.78, 5) is 26.8. The predicted molar refractivity (Wildman–Crippen MR) is 93.4 cm³/mol. The number of H-pyrrole nitrogens is 1. The summed E-state index contributed by atoms with van der Waals surface area (Å²) in [5.41, 5.74) is 1.74. The molecule has 0 aliphatic carbocycles. The molecule has 4 rings (SSSR count). The molecule has 11 nitrogen and oxygen atoms in total. The van der Waals surface area contributed by atoms with E-state index in [1.54, 1.807) is 4.90 Å². The lowest BCUT2D eigenvalue weighted by Gasteiger charge is -2.29. The van der Waals surface area contributed by atoms with Gasteiger partial charge in [-0.25, -0.2) is 0 Å². The van der Waals surface area contributed by atoms with Crippen LogP contribution in [0.4, 0.5) is 11.6 Å². The number of carbonyl (C=O) groups excluding carboxylic acids is 1. The number of fused-ring (bicyclic) bond motifs is 1. The fourth-order valence-electron chi connectivity index (χ4n) is 3.37. The highest BCUT2D eigenvalue weighted by Crippen LogP contribution is 2.24. The Kier molecular flexibility index (Phi) is 4.67. The monoisotopic (exact) mass is 373 g/mol. The first kappa shape index (κ1) is 17.3. The van der Waals surface area contributed by atoms with Crippen molar-refractivity contribution in [3.05, 3.63) is 39.2 Å². The summed E-state index contributed by atoms with van der Waals surface area (Å²) >= 11 is 0. The van der Waals surface area contributed by atoms with E-state index < -0.39 is 10.8 Å². The van der Waals surface area contributed by atoms with Crippen LogP contribution in [0.2, 0.25) is 0 Å². The molecule has 142 valence electrons. The van der Waals surface area contributed by atoms with Crippen molar-refractivity contribution in [1.29, 1.82) is 0 Å². The molecule has 2 aliphatic rings. The average Bonchev–Trinajstić information content (AvgIpc) is 3.02. The molecule has 1 saturated heterocycles. The fourth-order valence-corrected chi connectivity index (χ4v) is 3.37. The fraction of sp³-hybridized carbons (Fsp3) is 0.500. The van der Waals surface area contributed by atoms with Gasteiger partial charge in [0, 0.05) is 39.2 Å². The van der Waals surface area contributed by atoms with Crippen LogP contribution in [0.25, 0.3) is 0 Å². The Morgan fingerprint density at radius 3 is 3.00 bits per heavy atom. The smallest absolute Gasteiger partial charge is 0.355 e. The van der Waals surface area contributed by atoms with Gasteiger partial charge in [-0.15, -0.1) is 10.2 Å². The molecule has 11 heteroatoms. The Hall–Kier alpha value is -3.08. The van der Waals surface area contributed by atoms with E-state index in [1.807, 2.05) is 6.07 Å². The van der Waals surface area contributed by atoms with E-state index in [-0.39, 0.29) is 11.4 Å². The van der Waals surface area contributed by atoms with Crippen LogP contribution >= 0.6 is 0 Å². The number of aromatic amines is 1. The van der Waals surface area contributed by atoms with Gasteiger partial charge in [0.2, 0.25) is 0 Å². The van der Waals surface area contributed by atoms with E-state index in [2.05, 4.69) is 25.3 Å². The van der Waals surface area contributed by atoms with Crippen molar-refractivity contribution in [3.63, 3.8) is 0 Å². The van der Waals surface area contributed by atoms with E-state index in [9.17, 15) is 14.9 Å². The molecule has 2 aromatic rings. The number of hydrogen-bond acceptors (Lipinski definition) is 8. The van der Waals surface area contributed by atoms with Crippen molar-refractivity contribution < 1.29 is 14.5 Å². The summed E-state index contributed by atoms with van der Waals surface area (Å²) in [6, 6.07) is 1.96. The molecule has 2 aliphatic heterocycles. The lowest BCUT2D eigenvalue weighted by molar-refractivity contribution is -0.389. The molecule has 0 spiro atoms. The largest absolute Gasteiger partial charge is 0.380 e. The number of rotatable bonds is 3. The van der Waals surface area contributed by atoms with Gasteiger partial charge in [-0.3, -0.25) is 4.79 Å². The molecule has 0 radical (unpaired) electrons. The van der Waals surface area contributed by atoms with Crippen molar-refractivity contribution in [1.82, 2.24) is 25.3 Å². The van der Waals surface area contributed by atoms with Crippen LogP contribution in [0.1, 0.15) is 28.0 Å². The highest BCUT2D eigenvalue weighted by molar-refractivity contribution is 5.97. The SMILES string of the molecule is O=C(c1cn[nH]c1[N+](=O)[O-])N1CCc2nnc(N3CCCOCC3)cc2C1. The number of anilines is 1. The minimum Gasteiger partial charge on any atom is -0.380 e. The highest BCUT2D eigenvalue weighted by Gasteiger charge is 2.29. The lowest BCUT2D eigenvalue weighted by atomic mass is 10.1. The normalized spacial score (nSPS) is 17.3. The van der Waals surface area contributed by atoms with E-state index >= 15 is 0 Å². The molecule has 0 bridgehead atoms. The molecule has 0 aromatic carbocycles. The van der Waals surface area contributed by atoms with Crippen molar-refractivity contribution in [3.8, 4) is 0 Å². The maximum absolute atomic E-state index is 12.7. The van der Waals surface area contributed by atoms with Crippen LogP contribution in [0.3, 0.4) is 0 Å². The van der Waals surface area contributed by atoms with Crippen LogP contribution in [-0.2, 0) is 17.7 Å². The average molecular weight is 373 g/mol. The van der Waals surface area contributed by atoms with E-state index in [0.29, 0.717) is 26.1 Å². The first-order valence-corrected chi connectivity index (χ1v) is 8.78. The third kappa shape index (κ3) is 3.45. The summed E-state index contributed by atoms with van der Waals surface area (Å²) in [7, 11) is 0.